The molecule has 0 saturated carbocycles. The van der Waals surface area contributed by atoms with E-state index in [1.165, 1.54) is 6.92 Å². The number of allylic oxidation sites excluding steroid dienone is 1. The average Bonchev–Trinajstić information content (AvgIpc) is 2.00. The molecule has 0 bridgehead atoms. The molecule has 0 aliphatic heterocycles. The van der Waals surface area contributed by atoms with Crippen LogP contribution in [0.1, 0.15) is 40.0 Å². The van der Waals surface area contributed by atoms with E-state index < -0.39 is 0 Å². The monoisotopic (exact) mass is 170 g/mol. The number of ether oxygens (including phenoxy) is 1. The van der Waals surface area contributed by atoms with Gasteiger partial charge in [-0.1, -0.05) is 26.3 Å². The quantitative estimate of drug-likeness (QED) is 0.468. The maximum absolute atomic E-state index is 10.6. The Balaban J connectivity index is 3.85. The number of rotatable bonds is 5. The Labute approximate surface area is 74.6 Å². The molecule has 0 amide bonds. The molecule has 0 saturated heterocycles. The van der Waals surface area contributed by atoms with Crippen molar-refractivity contribution in [2.75, 3.05) is 0 Å². The van der Waals surface area contributed by atoms with Crippen LogP contribution < -0.4 is 0 Å². The van der Waals surface area contributed by atoms with E-state index in [4.69, 9.17) is 4.74 Å². The van der Waals surface area contributed by atoms with Crippen molar-refractivity contribution >= 4 is 5.97 Å². The molecule has 12 heavy (non-hydrogen) atoms. The van der Waals surface area contributed by atoms with Gasteiger partial charge in [0.2, 0.25) is 0 Å². The molecule has 2 nitrogen and oxygen atoms in total. The minimum absolute atomic E-state index is 0.0209. The Morgan fingerprint density at radius 1 is 1.50 bits per heavy atom. The van der Waals surface area contributed by atoms with Crippen molar-refractivity contribution in [3.63, 3.8) is 0 Å². The van der Waals surface area contributed by atoms with Gasteiger partial charge in [0.05, 0.1) is 0 Å². The summed E-state index contributed by atoms with van der Waals surface area (Å²) in [6, 6.07) is 0. The standard InChI is InChI=1S/C10H18O2/c1-4-6-8-10(7-5-2)12-9(3)11/h6,8,10H,4-5,7H2,1-3H3/b8-6+. The zero-order valence-corrected chi connectivity index (χ0v) is 8.17. The summed E-state index contributed by atoms with van der Waals surface area (Å²) in [5.41, 5.74) is 0. The Bertz CT molecular complexity index is 150. The van der Waals surface area contributed by atoms with Crippen molar-refractivity contribution in [3.8, 4) is 0 Å². The highest BCUT2D eigenvalue weighted by atomic mass is 16.5. The Morgan fingerprint density at radius 3 is 2.58 bits per heavy atom. The number of hydrogen-bond donors (Lipinski definition) is 0. The SMILES string of the molecule is CC/C=C/C(CCC)OC(C)=O. The van der Waals surface area contributed by atoms with Crippen LogP contribution in [0.15, 0.2) is 12.2 Å². The number of carbonyl (C=O) groups is 1. The highest BCUT2D eigenvalue weighted by Gasteiger charge is 2.05. The molecule has 1 atom stereocenters. The van der Waals surface area contributed by atoms with Gasteiger partial charge in [-0.2, -0.15) is 0 Å². The molecule has 0 aromatic carbocycles. The maximum Gasteiger partial charge on any atom is 0.303 e. The lowest BCUT2D eigenvalue weighted by molar-refractivity contribution is -0.144. The molecule has 0 aliphatic rings. The fraction of sp³-hybridized carbons (Fsp3) is 0.700. The van der Waals surface area contributed by atoms with E-state index in [1.54, 1.807) is 0 Å². The van der Waals surface area contributed by atoms with Crippen molar-refractivity contribution in [1.82, 2.24) is 0 Å². The number of esters is 1. The first kappa shape index (κ1) is 11.2. The van der Waals surface area contributed by atoms with Gasteiger partial charge in [-0.3, -0.25) is 4.79 Å². The van der Waals surface area contributed by atoms with Crippen LogP contribution in [0.5, 0.6) is 0 Å². The van der Waals surface area contributed by atoms with Gasteiger partial charge in [0.1, 0.15) is 6.10 Å². The molecule has 0 N–H and O–H groups in total. The zero-order chi connectivity index (χ0) is 9.40. The summed E-state index contributed by atoms with van der Waals surface area (Å²) in [4.78, 5) is 10.6. The van der Waals surface area contributed by atoms with Gasteiger partial charge in [-0.15, -0.1) is 0 Å². The summed E-state index contributed by atoms with van der Waals surface area (Å²) in [7, 11) is 0. The van der Waals surface area contributed by atoms with E-state index in [9.17, 15) is 4.79 Å². The first-order valence-electron chi connectivity index (χ1n) is 4.54. The van der Waals surface area contributed by atoms with E-state index in [-0.39, 0.29) is 12.1 Å². The highest BCUT2D eigenvalue weighted by molar-refractivity contribution is 5.66. The summed E-state index contributed by atoms with van der Waals surface area (Å²) >= 11 is 0. The largest absolute Gasteiger partial charge is 0.458 e. The second-order valence-corrected chi connectivity index (χ2v) is 2.77. The smallest absolute Gasteiger partial charge is 0.303 e. The van der Waals surface area contributed by atoms with Crippen molar-refractivity contribution in [3.05, 3.63) is 12.2 Å². The summed E-state index contributed by atoms with van der Waals surface area (Å²) in [5, 5.41) is 0. The summed E-state index contributed by atoms with van der Waals surface area (Å²) in [6.07, 6.45) is 6.91. The van der Waals surface area contributed by atoms with Gasteiger partial charge in [-0.25, -0.2) is 0 Å². The fourth-order valence-electron chi connectivity index (χ4n) is 0.980. The molecule has 0 aliphatic carbocycles. The molecule has 0 heterocycles. The van der Waals surface area contributed by atoms with Crippen LogP contribution in [0.2, 0.25) is 0 Å². The van der Waals surface area contributed by atoms with Crippen LogP contribution in [0, 0.1) is 0 Å². The van der Waals surface area contributed by atoms with Crippen LogP contribution in [0.4, 0.5) is 0 Å². The van der Waals surface area contributed by atoms with Gasteiger partial charge < -0.3 is 4.74 Å². The van der Waals surface area contributed by atoms with Crippen molar-refractivity contribution < 1.29 is 9.53 Å². The van der Waals surface area contributed by atoms with Crippen molar-refractivity contribution in [2.24, 2.45) is 0 Å². The maximum atomic E-state index is 10.6. The van der Waals surface area contributed by atoms with Gasteiger partial charge in [0.25, 0.3) is 0 Å². The van der Waals surface area contributed by atoms with Gasteiger partial charge in [-0.05, 0) is 18.9 Å². The lowest BCUT2D eigenvalue weighted by atomic mass is 10.2. The van der Waals surface area contributed by atoms with Crippen molar-refractivity contribution in [2.45, 2.75) is 46.1 Å². The van der Waals surface area contributed by atoms with E-state index in [0.717, 1.165) is 19.3 Å². The number of carbonyl (C=O) groups excluding carboxylic acids is 1. The lowest BCUT2D eigenvalue weighted by Crippen LogP contribution is -2.13. The van der Waals surface area contributed by atoms with Crippen LogP contribution >= 0.6 is 0 Å². The van der Waals surface area contributed by atoms with Gasteiger partial charge in [0.15, 0.2) is 0 Å². The van der Waals surface area contributed by atoms with E-state index >= 15 is 0 Å². The zero-order valence-electron chi connectivity index (χ0n) is 8.17. The average molecular weight is 170 g/mol. The van der Waals surface area contributed by atoms with Crippen LogP contribution in [-0.2, 0) is 9.53 Å². The first-order valence-corrected chi connectivity index (χ1v) is 4.54. The molecule has 0 spiro atoms. The minimum atomic E-state index is -0.200. The Kier molecular flexibility index (Phi) is 6.44. The molecule has 0 aromatic rings. The summed E-state index contributed by atoms with van der Waals surface area (Å²) in [5.74, 6) is -0.200. The third-order valence-electron chi connectivity index (χ3n) is 1.48. The molecule has 0 rings (SSSR count). The van der Waals surface area contributed by atoms with E-state index in [0.29, 0.717) is 0 Å². The molecule has 1 unspecified atom stereocenters. The molecular weight excluding hydrogens is 152 g/mol. The predicted octanol–water partition coefficient (Wildman–Crippen LogP) is 2.68. The van der Waals surface area contributed by atoms with Gasteiger partial charge in [0, 0.05) is 6.92 Å². The van der Waals surface area contributed by atoms with Crippen molar-refractivity contribution in [1.29, 1.82) is 0 Å². The first-order chi connectivity index (χ1) is 5.70. The number of hydrogen-bond acceptors (Lipinski definition) is 2. The van der Waals surface area contributed by atoms with Gasteiger partial charge >= 0.3 is 5.97 Å². The minimum Gasteiger partial charge on any atom is -0.458 e. The lowest BCUT2D eigenvalue weighted by Gasteiger charge is -2.11. The predicted molar refractivity (Wildman–Crippen MR) is 49.9 cm³/mol. The van der Waals surface area contributed by atoms with E-state index in [2.05, 4.69) is 13.8 Å². The Hall–Kier alpha value is -0.790. The van der Waals surface area contributed by atoms with E-state index in [1.807, 2.05) is 12.2 Å². The Morgan fingerprint density at radius 2 is 2.17 bits per heavy atom. The molecule has 70 valence electrons. The van der Waals surface area contributed by atoms with Crippen LogP contribution in [0.25, 0.3) is 0 Å². The molecule has 2 heteroatoms. The summed E-state index contributed by atoms with van der Waals surface area (Å²) in [6.45, 7) is 5.59. The molecule has 0 radical (unpaired) electrons. The summed E-state index contributed by atoms with van der Waals surface area (Å²) < 4.78 is 5.07. The topological polar surface area (TPSA) is 26.3 Å². The third kappa shape index (κ3) is 5.96. The normalized spacial score (nSPS) is 13.2. The highest BCUT2D eigenvalue weighted by Crippen LogP contribution is 2.04. The second-order valence-electron chi connectivity index (χ2n) is 2.77. The fourth-order valence-corrected chi connectivity index (χ4v) is 0.980. The second kappa shape index (κ2) is 6.89. The molecule has 0 aromatic heterocycles. The van der Waals surface area contributed by atoms with Crippen LogP contribution in [0.3, 0.4) is 0 Å². The molecular formula is C10H18O2. The molecule has 0 fully saturated rings. The van der Waals surface area contributed by atoms with Crippen LogP contribution in [-0.4, -0.2) is 12.1 Å². The third-order valence-corrected chi connectivity index (χ3v) is 1.48.